The van der Waals surface area contributed by atoms with E-state index in [0.717, 1.165) is 49.5 Å². The largest absolute Gasteiger partial charge is 0.497 e. The first-order valence-electron chi connectivity index (χ1n) is 9.43. The molecule has 0 unspecified atom stereocenters. The van der Waals surface area contributed by atoms with Crippen molar-refractivity contribution in [3.63, 3.8) is 0 Å². The van der Waals surface area contributed by atoms with Crippen LogP contribution in [0.15, 0.2) is 48.5 Å². The van der Waals surface area contributed by atoms with Gasteiger partial charge in [0.1, 0.15) is 18.1 Å². The number of aliphatic hydroxyl groups is 1. The molecule has 1 fully saturated rings. The van der Waals surface area contributed by atoms with Gasteiger partial charge in [0.25, 0.3) is 0 Å². The van der Waals surface area contributed by atoms with Crippen molar-refractivity contribution in [3.8, 4) is 11.5 Å². The predicted molar refractivity (Wildman–Crippen MR) is 104 cm³/mol. The van der Waals surface area contributed by atoms with Crippen LogP contribution in [0, 0.1) is 5.92 Å². The summed E-state index contributed by atoms with van der Waals surface area (Å²) in [6.45, 7) is 2.92. The molecule has 0 bridgehead atoms. The second kappa shape index (κ2) is 9.53. The molecule has 1 N–H and O–H groups in total. The summed E-state index contributed by atoms with van der Waals surface area (Å²) < 4.78 is 10.6. The summed E-state index contributed by atoms with van der Waals surface area (Å²) in [5, 5.41) is 8.81. The van der Waals surface area contributed by atoms with Gasteiger partial charge in [0.05, 0.1) is 13.7 Å². The molecule has 0 saturated carbocycles. The molecule has 27 heavy (non-hydrogen) atoms. The van der Waals surface area contributed by atoms with Gasteiger partial charge in [-0.1, -0.05) is 24.3 Å². The lowest BCUT2D eigenvalue weighted by Gasteiger charge is -2.32. The van der Waals surface area contributed by atoms with Gasteiger partial charge < -0.3 is 14.6 Å². The van der Waals surface area contributed by atoms with E-state index in [1.807, 2.05) is 48.5 Å². The highest BCUT2D eigenvalue weighted by molar-refractivity contribution is 5.98. The van der Waals surface area contributed by atoms with Crippen molar-refractivity contribution in [1.29, 1.82) is 0 Å². The smallest absolute Gasteiger partial charge is 0.167 e. The molecule has 0 aliphatic carbocycles. The minimum absolute atomic E-state index is 0.0121. The maximum Gasteiger partial charge on any atom is 0.167 e. The molecule has 5 heteroatoms. The lowest BCUT2D eigenvalue weighted by molar-refractivity contribution is 0.0811. The van der Waals surface area contributed by atoms with Crippen LogP contribution in [0.4, 0.5) is 0 Å². The lowest BCUT2D eigenvalue weighted by Crippen LogP contribution is -2.38. The van der Waals surface area contributed by atoms with Crippen molar-refractivity contribution in [1.82, 2.24) is 4.90 Å². The highest BCUT2D eigenvalue weighted by Crippen LogP contribution is 2.24. The maximum absolute atomic E-state index is 12.9. The number of rotatable bonds is 8. The van der Waals surface area contributed by atoms with Crippen molar-refractivity contribution in [2.24, 2.45) is 5.92 Å². The normalized spacial score (nSPS) is 17.5. The number of carbonyl (C=O) groups excluding carboxylic acids is 1. The number of Topliss-reactive ketones (excluding diaryl/α,β-unsaturated/α-hetero) is 1. The van der Waals surface area contributed by atoms with Crippen molar-refractivity contribution in [2.75, 3.05) is 33.4 Å². The Hall–Kier alpha value is -2.37. The lowest BCUT2D eigenvalue weighted by atomic mass is 9.89. The van der Waals surface area contributed by atoms with Gasteiger partial charge in [0.2, 0.25) is 0 Å². The van der Waals surface area contributed by atoms with E-state index in [1.165, 1.54) is 5.56 Å². The third kappa shape index (κ3) is 5.31. The zero-order valence-electron chi connectivity index (χ0n) is 15.8. The Labute approximate surface area is 160 Å². The maximum atomic E-state index is 12.9. The fourth-order valence-electron chi connectivity index (χ4n) is 3.54. The number of ketones is 1. The zero-order valence-corrected chi connectivity index (χ0v) is 15.8. The predicted octanol–water partition coefficient (Wildman–Crippen LogP) is 3.16. The van der Waals surface area contributed by atoms with E-state index in [4.69, 9.17) is 14.6 Å². The number of nitrogens with zero attached hydrogens (tertiary/aromatic N) is 1. The van der Waals surface area contributed by atoms with Crippen LogP contribution in [0.2, 0.25) is 0 Å². The second-order valence-corrected chi connectivity index (χ2v) is 6.89. The van der Waals surface area contributed by atoms with E-state index in [2.05, 4.69) is 4.90 Å². The van der Waals surface area contributed by atoms with E-state index < -0.39 is 0 Å². The topological polar surface area (TPSA) is 59.0 Å². The summed E-state index contributed by atoms with van der Waals surface area (Å²) in [5.74, 6) is 1.71. The van der Waals surface area contributed by atoms with Gasteiger partial charge in [0.15, 0.2) is 5.78 Å². The van der Waals surface area contributed by atoms with E-state index in [9.17, 15) is 4.79 Å². The van der Waals surface area contributed by atoms with Crippen LogP contribution in [-0.4, -0.2) is 49.2 Å². The Morgan fingerprint density at radius 2 is 2.00 bits per heavy atom. The number of carbonyl (C=O) groups is 1. The molecule has 0 radical (unpaired) electrons. The molecule has 0 aromatic heterocycles. The first-order chi connectivity index (χ1) is 13.2. The number of piperidine rings is 1. The summed E-state index contributed by atoms with van der Waals surface area (Å²) in [6, 6.07) is 15.4. The van der Waals surface area contributed by atoms with Gasteiger partial charge in [-0.25, -0.2) is 0 Å². The monoisotopic (exact) mass is 369 g/mol. The highest BCUT2D eigenvalue weighted by atomic mass is 16.5. The quantitative estimate of drug-likeness (QED) is 0.725. The van der Waals surface area contributed by atoms with Gasteiger partial charge >= 0.3 is 0 Å². The number of hydrogen-bond acceptors (Lipinski definition) is 5. The van der Waals surface area contributed by atoms with Crippen molar-refractivity contribution >= 4 is 5.78 Å². The first-order valence-corrected chi connectivity index (χ1v) is 9.43. The number of aliphatic hydroxyl groups excluding tert-OH is 1. The van der Waals surface area contributed by atoms with Gasteiger partial charge in [-0.3, -0.25) is 9.69 Å². The Morgan fingerprint density at radius 3 is 2.74 bits per heavy atom. The van der Waals surface area contributed by atoms with Crippen molar-refractivity contribution < 1.29 is 19.4 Å². The molecule has 1 atom stereocenters. The minimum atomic E-state index is 0.0121. The summed E-state index contributed by atoms with van der Waals surface area (Å²) in [6.07, 6.45) is 1.96. The van der Waals surface area contributed by atoms with E-state index in [0.29, 0.717) is 6.61 Å². The Balaban J connectivity index is 1.59. The van der Waals surface area contributed by atoms with Gasteiger partial charge in [-0.2, -0.15) is 0 Å². The molecule has 2 aromatic rings. The molecule has 0 spiro atoms. The number of likely N-dealkylation sites (tertiary alicyclic amines) is 1. The van der Waals surface area contributed by atoms with Crippen LogP contribution < -0.4 is 9.47 Å². The fraction of sp³-hybridized carbons (Fsp3) is 0.409. The molecular formula is C22H27NO4. The fourth-order valence-corrected chi connectivity index (χ4v) is 3.54. The van der Waals surface area contributed by atoms with Gasteiger partial charge in [-0.15, -0.1) is 0 Å². The molecule has 2 aromatic carbocycles. The molecule has 1 heterocycles. The van der Waals surface area contributed by atoms with Crippen molar-refractivity contribution in [3.05, 3.63) is 59.7 Å². The average Bonchev–Trinajstić information content (AvgIpc) is 2.73. The Kier molecular flexibility index (Phi) is 6.85. The molecule has 1 saturated heterocycles. The first kappa shape index (κ1) is 19.4. The van der Waals surface area contributed by atoms with Crippen LogP contribution in [-0.2, 0) is 6.54 Å². The molecule has 3 rings (SSSR count). The van der Waals surface area contributed by atoms with Crippen LogP contribution in [0.5, 0.6) is 11.5 Å². The van der Waals surface area contributed by atoms with Crippen molar-refractivity contribution in [2.45, 2.75) is 19.4 Å². The van der Waals surface area contributed by atoms with Crippen LogP contribution in [0.3, 0.4) is 0 Å². The third-order valence-corrected chi connectivity index (χ3v) is 4.92. The Morgan fingerprint density at radius 1 is 1.19 bits per heavy atom. The average molecular weight is 369 g/mol. The second-order valence-electron chi connectivity index (χ2n) is 6.89. The number of hydrogen-bond donors (Lipinski definition) is 1. The molecule has 0 amide bonds. The standard InChI is InChI=1S/C22H27NO4/c1-26-21-6-2-4-18(14-21)22(25)19-5-3-11-23(16-19)15-17-7-9-20(10-8-17)27-13-12-24/h2,4,6-10,14,19,24H,3,5,11-13,15-16H2,1H3/t19-/m0/s1. The van der Waals surface area contributed by atoms with Gasteiger partial charge in [-0.05, 0) is 49.2 Å². The minimum Gasteiger partial charge on any atom is -0.497 e. The SMILES string of the molecule is COc1cccc(C(=O)[C@H]2CCCN(Cc3ccc(OCCO)cc3)C2)c1. The molecular weight excluding hydrogens is 342 g/mol. The van der Waals surface area contributed by atoms with Crippen LogP contribution in [0.25, 0.3) is 0 Å². The van der Waals surface area contributed by atoms with E-state index >= 15 is 0 Å². The van der Waals surface area contributed by atoms with Crippen LogP contribution in [0.1, 0.15) is 28.8 Å². The van der Waals surface area contributed by atoms with E-state index in [1.54, 1.807) is 7.11 Å². The molecule has 1 aliphatic rings. The van der Waals surface area contributed by atoms with Gasteiger partial charge in [0, 0.05) is 24.6 Å². The zero-order chi connectivity index (χ0) is 19.1. The summed E-state index contributed by atoms with van der Waals surface area (Å²) in [7, 11) is 1.62. The van der Waals surface area contributed by atoms with Crippen LogP contribution >= 0.6 is 0 Å². The molecule has 5 nitrogen and oxygen atoms in total. The number of methoxy groups -OCH3 is 1. The Bertz CT molecular complexity index is 744. The molecule has 144 valence electrons. The highest BCUT2D eigenvalue weighted by Gasteiger charge is 2.26. The number of benzene rings is 2. The third-order valence-electron chi connectivity index (χ3n) is 4.92. The summed E-state index contributed by atoms with van der Waals surface area (Å²) >= 11 is 0. The van der Waals surface area contributed by atoms with E-state index in [-0.39, 0.29) is 18.3 Å². The number of ether oxygens (including phenoxy) is 2. The summed E-state index contributed by atoms with van der Waals surface area (Å²) in [5.41, 5.74) is 1.92. The molecule has 1 aliphatic heterocycles. The summed E-state index contributed by atoms with van der Waals surface area (Å²) in [4.78, 5) is 15.2.